The van der Waals surface area contributed by atoms with Gasteiger partial charge in [-0.1, -0.05) is 26.0 Å². The third kappa shape index (κ3) is 9.97. The molecule has 0 saturated heterocycles. The van der Waals surface area contributed by atoms with Crippen LogP contribution in [-0.2, 0) is 11.3 Å². The third-order valence-electron chi connectivity index (χ3n) is 3.42. The van der Waals surface area contributed by atoms with Crippen LogP contribution in [0, 0.1) is 12.8 Å². The number of ether oxygens (including phenoxy) is 2. The molecule has 0 aromatic heterocycles. The zero-order valence-electron chi connectivity index (χ0n) is 15.3. The predicted octanol–water partition coefficient (Wildman–Crippen LogP) is 3.48. The zero-order valence-corrected chi connectivity index (χ0v) is 17.6. The molecule has 0 fully saturated rings. The number of hydrogen-bond acceptors (Lipinski definition) is 3. The first-order chi connectivity index (χ1) is 11.0. The van der Waals surface area contributed by atoms with E-state index in [4.69, 9.17) is 15.2 Å². The summed E-state index contributed by atoms with van der Waals surface area (Å²) < 4.78 is 10.9. The summed E-state index contributed by atoms with van der Waals surface area (Å²) in [6.07, 6.45) is 1.95. The standard InChI is InChI=1S/C18H31N3O2.HI/c1-14(2)8-9-20-18(19)21-13-16-7-6-15(3)12-17(16)23-11-5-10-22-4;/h6-7,12,14H,5,8-11,13H2,1-4H3,(H3,19,20,21);1H. The molecule has 0 aliphatic heterocycles. The second-order valence-electron chi connectivity index (χ2n) is 6.12. The molecule has 0 atom stereocenters. The number of nitrogens with two attached hydrogens (primary N) is 1. The van der Waals surface area contributed by atoms with E-state index in [0.717, 1.165) is 30.7 Å². The fourth-order valence-electron chi connectivity index (χ4n) is 2.03. The molecule has 0 bridgehead atoms. The van der Waals surface area contributed by atoms with E-state index in [2.05, 4.69) is 37.1 Å². The summed E-state index contributed by atoms with van der Waals surface area (Å²) in [5.41, 5.74) is 8.12. The third-order valence-corrected chi connectivity index (χ3v) is 3.42. The highest BCUT2D eigenvalue weighted by atomic mass is 127. The molecular weight excluding hydrogens is 417 g/mol. The van der Waals surface area contributed by atoms with Crippen molar-refractivity contribution in [2.75, 3.05) is 26.9 Å². The highest BCUT2D eigenvalue weighted by Gasteiger charge is 2.04. The maximum atomic E-state index is 5.91. The van der Waals surface area contributed by atoms with Crippen LogP contribution in [0.4, 0.5) is 0 Å². The summed E-state index contributed by atoms with van der Waals surface area (Å²) in [5.74, 6) is 2.01. The van der Waals surface area contributed by atoms with Gasteiger partial charge in [-0.05, 0) is 30.9 Å². The fourth-order valence-corrected chi connectivity index (χ4v) is 2.03. The number of nitrogens with one attached hydrogen (secondary N) is 1. The van der Waals surface area contributed by atoms with Crippen LogP contribution in [0.1, 0.15) is 37.8 Å². The molecule has 3 N–H and O–H groups in total. The normalized spacial score (nSPS) is 11.3. The minimum Gasteiger partial charge on any atom is -0.493 e. The Hall–Kier alpha value is -1.02. The van der Waals surface area contributed by atoms with Gasteiger partial charge < -0.3 is 20.5 Å². The van der Waals surface area contributed by atoms with Gasteiger partial charge in [0.15, 0.2) is 5.96 Å². The molecule has 0 radical (unpaired) electrons. The first-order valence-electron chi connectivity index (χ1n) is 8.28. The minimum absolute atomic E-state index is 0. The van der Waals surface area contributed by atoms with Gasteiger partial charge in [0.05, 0.1) is 13.2 Å². The summed E-state index contributed by atoms with van der Waals surface area (Å²) in [5, 5.41) is 3.15. The Morgan fingerprint density at radius 1 is 1.29 bits per heavy atom. The molecule has 0 spiro atoms. The molecule has 0 unspecified atom stereocenters. The Kier molecular flexibility index (Phi) is 12.7. The Labute approximate surface area is 163 Å². The van der Waals surface area contributed by atoms with Gasteiger partial charge in [-0.25, -0.2) is 4.99 Å². The van der Waals surface area contributed by atoms with Gasteiger partial charge in [0.1, 0.15) is 5.75 Å². The van der Waals surface area contributed by atoms with Gasteiger partial charge in [-0.3, -0.25) is 0 Å². The molecular formula is C18H32IN3O2. The van der Waals surface area contributed by atoms with Crippen molar-refractivity contribution in [1.82, 2.24) is 5.32 Å². The van der Waals surface area contributed by atoms with Crippen molar-refractivity contribution in [1.29, 1.82) is 0 Å². The second-order valence-corrected chi connectivity index (χ2v) is 6.12. The number of methoxy groups -OCH3 is 1. The molecule has 1 aromatic carbocycles. The average molecular weight is 449 g/mol. The van der Waals surface area contributed by atoms with E-state index >= 15 is 0 Å². The molecule has 0 heterocycles. The van der Waals surface area contributed by atoms with E-state index in [1.54, 1.807) is 7.11 Å². The van der Waals surface area contributed by atoms with Crippen LogP contribution in [-0.4, -0.2) is 32.8 Å². The highest BCUT2D eigenvalue weighted by Crippen LogP contribution is 2.21. The lowest BCUT2D eigenvalue weighted by Gasteiger charge is -2.12. The summed E-state index contributed by atoms with van der Waals surface area (Å²) >= 11 is 0. The molecule has 6 heteroatoms. The SMILES string of the molecule is COCCCOc1cc(C)ccc1CN=C(N)NCCC(C)C.I. The summed E-state index contributed by atoms with van der Waals surface area (Å²) in [6, 6.07) is 6.15. The van der Waals surface area contributed by atoms with Crippen LogP contribution in [0.2, 0.25) is 0 Å². The number of aliphatic imine (C=N–C) groups is 1. The van der Waals surface area contributed by atoms with E-state index in [9.17, 15) is 0 Å². The van der Waals surface area contributed by atoms with Gasteiger partial charge in [0.25, 0.3) is 0 Å². The largest absolute Gasteiger partial charge is 0.493 e. The van der Waals surface area contributed by atoms with Crippen LogP contribution in [0.5, 0.6) is 5.75 Å². The van der Waals surface area contributed by atoms with Crippen LogP contribution in [0.3, 0.4) is 0 Å². The average Bonchev–Trinajstić information content (AvgIpc) is 2.50. The first kappa shape index (κ1) is 23.0. The molecule has 0 aliphatic carbocycles. The Balaban J connectivity index is 0.00000529. The minimum atomic E-state index is 0. The van der Waals surface area contributed by atoms with Gasteiger partial charge in [0.2, 0.25) is 0 Å². The van der Waals surface area contributed by atoms with Crippen molar-refractivity contribution in [3.63, 3.8) is 0 Å². The lowest BCUT2D eigenvalue weighted by Crippen LogP contribution is -2.32. The van der Waals surface area contributed by atoms with E-state index < -0.39 is 0 Å². The lowest BCUT2D eigenvalue weighted by atomic mass is 10.1. The van der Waals surface area contributed by atoms with Crippen molar-refractivity contribution < 1.29 is 9.47 Å². The molecule has 0 saturated carbocycles. The van der Waals surface area contributed by atoms with E-state index in [1.807, 2.05) is 12.1 Å². The van der Waals surface area contributed by atoms with Crippen LogP contribution in [0.25, 0.3) is 0 Å². The smallest absolute Gasteiger partial charge is 0.188 e. The van der Waals surface area contributed by atoms with Crippen molar-refractivity contribution in [3.05, 3.63) is 29.3 Å². The first-order valence-corrected chi connectivity index (χ1v) is 8.28. The van der Waals surface area contributed by atoms with Crippen LogP contribution in [0.15, 0.2) is 23.2 Å². The Bertz CT molecular complexity index is 493. The van der Waals surface area contributed by atoms with E-state index in [0.29, 0.717) is 31.6 Å². The Morgan fingerprint density at radius 3 is 2.71 bits per heavy atom. The molecule has 0 aliphatic rings. The molecule has 24 heavy (non-hydrogen) atoms. The number of nitrogens with zero attached hydrogens (tertiary/aromatic N) is 1. The van der Waals surface area contributed by atoms with Crippen molar-refractivity contribution in [2.45, 2.75) is 40.2 Å². The second kappa shape index (κ2) is 13.3. The van der Waals surface area contributed by atoms with Gasteiger partial charge >= 0.3 is 0 Å². The van der Waals surface area contributed by atoms with Gasteiger partial charge in [-0.15, -0.1) is 24.0 Å². The number of guanidine groups is 1. The lowest BCUT2D eigenvalue weighted by molar-refractivity contribution is 0.172. The van der Waals surface area contributed by atoms with Crippen LogP contribution >= 0.6 is 24.0 Å². The number of rotatable bonds is 10. The number of hydrogen-bond donors (Lipinski definition) is 2. The summed E-state index contributed by atoms with van der Waals surface area (Å²) in [6.45, 7) is 9.13. The van der Waals surface area contributed by atoms with Crippen molar-refractivity contribution >= 4 is 29.9 Å². The van der Waals surface area contributed by atoms with E-state index in [1.165, 1.54) is 5.56 Å². The number of aryl methyl sites for hydroxylation is 1. The van der Waals surface area contributed by atoms with Gasteiger partial charge in [-0.2, -0.15) is 0 Å². The molecule has 5 nitrogen and oxygen atoms in total. The highest BCUT2D eigenvalue weighted by molar-refractivity contribution is 14.0. The maximum Gasteiger partial charge on any atom is 0.188 e. The number of halogens is 1. The zero-order chi connectivity index (χ0) is 17.1. The van der Waals surface area contributed by atoms with E-state index in [-0.39, 0.29) is 24.0 Å². The van der Waals surface area contributed by atoms with Crippen molar-refractivity contribution in [2.24, 2.45) is 16.6 Å². The van der Waals surface area contributed by atoms with Gasteiger partial charge in [0, 0.05) is 32.2 Å². The van der Waals surface area contributed by atoms with Crippen molar-refractivity contribution in [3.8, 4) is 5.75 Å². The quantitative estimate of drug-likeness (QED) is 0.249. The molecule has 1 aromatic rings. The predicted molar refractivity (Wildman–Crippen MR) is 111 cm³/mol. The Morgan fingerprint density at radius 2 is 2.04 bits per heavy atom. The topological polar surface area (TPSA) is 68.9 Å². The molecule has 0 amide bonds. The fraction of sp³-hybridized carbons (Fsp3) is 0.611. The number of benzene rings is 1. The summed E-state index contributed by atoms with van der Waals surface area (Å²) in [4.78, 5) is 4.40. The summed E-state index contributed by atoms with van der Waals surface area (Å²) in [7, 11) is 1.70. The van der Waals surface area contributed by atoms with Crippen LogP contribution < -0.4 is 15.8 Å². The molecule has 1 rings (SSSR count). The molecule has 138 valence electrons. The maximum absolute atomic E-state index is 5.91. The monoisotopic (exact) mass is 449 g/mol.